The van der Waals surface area contributed by atoms with Crippen LogP contribution >= 0.6 is 11.6 Å². The summed E-state index contributed by atoms with van der Waals surface area (Å²) in [6, 6.07) is 8.96. The predicted octanol–water partition coefficient (Wildman–Crippen LogP) is 1.66. The van der Waals surface area contributed by atoms with Gasteiger partial charge >= 0.3 is 5.69 Å². The second-order valence-electron chi connectivity index (χ2n) is 4.65. The van der Waals surface area contributed by atoms with Gasteiger partial charge < -0.3 is 15.5 Å². The summed E-state index contributed by atoms with van der Waals surface area (Å²) in [5, 5.41) is 23.3. The number of hydrogen-bond donors (Lipinski definition) is 5. The van der Waals surface area contributed by atoms with E-state index in [1.165, 1.54) is 6.07 Å². The van der Waals surface area contributed by atoms with Crippen LogP contribution in [0.15, 0.2) is 46.0 Å². The van der Waals surface area contributed by atoms with E-state index in [-0.39, 0.29) is 23.3 Å². The number of nitrogens with one attached hydrogen (secondary N) is 3. The number of aromatic hydroxyl groups is 2. The number of anilines is 2. The third-order valence-electron chi connectivity index (χ3n) is 3.08. The van der Waals surface area contributed by atoms with Crippen LogP contribution in [0.3, 0.4) is 0 Å². The number of benzene rings is 1. The second-order valence-corrected chi connectivity index (χ2v) is 5.06. The molecule has 0 bridgehead atoms. The van der Waals surface area contributed by atoms with Crippen LogP contribution in [0, 0.1) is 0 Å². The lowest BCUT2D eigenvalue weighted by Crippen LogP contribution is -2.22. The fourth-order valence-corrected chi connectivity index (χ4v) is 2.35. The molecule has 0 aliphatic carbocycles. The molecule has 0 atom stereocenters. The SMILES string of the molecule is O=c1cc(Nc2cc(O)n(-c3ccccc3Cl)c2O)[nH]c(=O)[nH]1. The van der Waals surface area contributed by atoms with Gasteiger partial charge in [-0.05, 0) is 12.1 Å². The van der Waals surface area contributed by atoms with Crippen molar-refractivity contribution in [1.29, 1.82) is 0 Å². The summed E-state index contributed by atoms with van der Waals surface area (Å²) in [5.41, 5.74) is -0.847. The van der Waals surface area contributed by atoms with Gasteiger partial charge in [0.1, 0.15) is 11.5 Å². The molecular formula is C14H11ClN4O4. The second kappa shape index (κ2) is 5.58. The Morgan fingerprint density at radius 2 is 1.83 bits per heavy atom. The number of hydrogen-bond acceptors (Lipinski definition) is 5. The summed E-state index contributed by atoms with van der Waals surface area (Å²) < 4.78 is 1.12. The highest BCUT2D eigenvalue weighted by Crippen LogP contribution is 2.38. The van der Waals surface area contributed by atoms with E-state index in [2.05, 4.69) is 10.3 Å². The summed E-state index contributed by atoms with van der Waals surface area (Å²) in [4.78, 5) is 26.9. The maximum absolute atomic E-state index is 11.3. The predicted molar refractivity (Wildman–Crippen MR) is 85.1 cm³/mol. The van der Waals surface area contributed by atoms with Crippen molar-refractivity contribution in [2.24, 2.45) is 0 Å². The van der Waals surface area contributed by atoms with Gasteiger partial charge in [0.05, 0.1) is 10.7 Å². The van der Waals surface area contributed by atoms with Crippen molar-refractivity contribution in [3.8, 4) is 17.4 Å². The Labute approximate surface area is 133 Å². The van der Waals surface area contributed by atoms with Crippen molar-refractivity contribution in [2.45, 2.75) is 0 Å². The largest absolute Gasteiger partial charge is 0.494 e. The molecule has 1 aromatic carbocycles. The van der Waals surface area contributed by atoms with Gasteiger partial charge in [-0.3, -0.25) is 14.8 Å². The first-order chi connectivity index (χ1) is 11.0. The molecule has 0 aliphatic rings. The molecule has 0 fully saturated rings. The Balaban J connectivity index is 2.06. The molecule has 23 heavy (non-hydrogen) atoms. The number of H-pyrrole nitrogens is 2. The van der Waals surface area contributed by atoms with Crippen LogP contribution in [0.4, 0.5) is 11.5 Å². The molecular weight excluding hydrogens is 324 g/mol. The minimum absolute atomic E-state index is 0.0605. The Kier molecular flexibility index (Phi) is 3.59. The molecule has 118 valence electrons. The molecule has 3 rings (SSSR count). The van der Waals surface area contributed by atoms with E-state index in [0.29, 0.717) is 10.7 Å². The van der Waals surface area contributed by atoms with Crippen LogP contribution < -0.4 is 16.6 Å². The molecule has 0 spiro atoms. The molecule has 0 radical (unpaired) electrons. The highest BCUT2D eigenvalue weighted by Gasteiger charge is 2.17. The third kappa shape index (κ3) is 2.79. The van der Waals surface area contributed by atoms with Crippen molar-refractivity contribution in [1.82, 2.24) is 14.5 Å². The molecule has 8 nitrogen and oxygen atoms in total. The maximum Gasteiger partial charge on any atom is 0.327 e. The number of nitrogens with zero attached hydrogens (tertiary/aromatic N) is 1. The van der Waals surface area contributed by atoms with Gasteiger partial charge in [-0.1, -0.05) is 23.7 Å². The zero-order valence-corrected chi connectivity index (χ0v) is 12.3. The number of aromatic amines is 2. The van der Waals surface area contributed by atoms with Gasteiger partial charge in [0, 0.05) is 12.1 Å². The molecule has 0 unspecified atom stereocenters. The van der Waals surface area contributed by atoms with Crippen LogP contribution in [0.25, 0.3) is 5.69 Å². The molecule has 0 amide bonds. The number of para-hydroxylation sites is 1. The van der Waals surface area contributed by atoms with Crippen molar-refractivity contribution in [3.63, 3.8) is 0 Å². The highest BCUT2D eigenvalue weighted by atomic mass is 35.5. The van der Waals surface area contributed by atoms with E-state index in [1.54, 1.807) is 24.3 Å². The molecule has 5 N–H and O–H groups in total. The first-order valence-corrected chi connectivity index (χ1v) is 6.83. The highest BCUT2D eigenvalue weighted by molar-refractivity contribution is 6.32. The van der Waals surface area contributed by atoms with Gasteiger partial charge in [-0.15, -0.1) is 0 Å². The van der Waals surface area contributed by atoms with E-state index in [9.17, 15) is 19.8 Å². The average molecular weight is 335 g/mol. The van der Waals surface area contributed by atoms with E-state index in [1.807, 2.05) is 4.98 Å². The van der Waals surface area contributed by atoms with E-state index in [4.69, 9.17) is 11.6 Å². The fourth-order valence-electron chi connectivity index (χ4n) is 2.13. The van der Waals surface area contributed by atoms with E-state index >= 15 is 0 Å². The normalized spacial score (nSPS) is 10.7. The van der Waals surface area contributed by atoms with Gasteiger partial charge in [0.15, 0.2) is 0 Å². The summed E-state index contributed by atoms with van der Waals surface area (Å²) >= 11 is 6.06. The number of aromatic nitrogens is 3. The van der Waals surface area contributed by atoms with Crippen LogP contribution in [0.2, 0.25) is 5.02 Å². The zero-order valence-electron chi connectivity index (χ0n) is 11.5. The Bertz CT molecular complexity index is 961. The quantitative estimate of drug-likeness (QED) is 0.498. The van der Waals surface area contributed by atoms with Crippen LogP contribution in [-0.2, 0) is 0 Å². The monoisotopic (exact) mass is 334 g/mol. The molecule has 3 aromatic rings. The standard InChI is InChI=1S/C14H11ClN4O4/c15-7-3-1-2-4-9(7)19-12(21)5-8(13(19)22)16-10-6-11(20)18-14(23)17-10/h1-6,21-22H,(H3,16,17,18,20,23). The third-order valence-corrected chi connectivity index (χ3v) is 3.40. The topological polar surface area (TPSA) is 123 Å². The molecule has 2 heterocycles. The van der Waals surface area contributed by atoms with Gasteiger partial charge in [-0.2, -0.15) is 0 Å². The number of halogens is 1. The first-order valence-electron chi connectivity index (χ1n) is 6.45. The van der Waals surface area contributed by atoms with Crippen LogP contribution in [-0.4, -0.2) is 24.7 Å². The smallest absolute Gasteiger partial charge is 0.327 e. The summed E-state index contributed by atoms with van der Waals surface area (Å²) in [6.45, 7) is 0. The van der Waals surface area contributed by atoms with Crippen molar-refractivity contribution in [3.05, 3.63) is 62.3 Å². The first kappa shape index (κ1) is 14.8. The lowest BCUT2D eigenvalue weighted by molar-refractivity contribution is 0.403. The maximum atomic E-state index is 11.3. The van der Waals surface area contributed by atoms with E-state index in [0.717, 1.165) is 10.6 Å². The fraction of sp³-hybridized carbons (Fsp3) is 0. The minimum Gasteiger partial charge on any atom is -0.494 e. The van der Waals surface area contributed by atoms with Gasteiger partial charge in [-0.25, -0.2) is 9.36 Å². The lowest BCUT2D eigenvalue weighted by Gasteiger charge is -2.09. The Hall–Kier alpha value is -3.13. The van der Waals surface area contributed by atoms with Crippen molar-refractivity contribution >= 4 is 23.1 Å². The Morgan fingerprint density at radius 3 is 2.52 bits per heavy atom. The van der Waals surface area contributed by atoms with Gasteiger partial charge in [0.2, 0.25) is 11.8 Å². The van der Waals surface area contributed by atoms with Crippen molar-refractivity contribution < 1.29 is 10.2 Å². The summed E-state index contributed by atoms with van der Waals surface area (Å²) in [6.07, 6.45) is 0. The minimum atomic E-state index is -0.700. The lowest BCUT2D eigenvalue weighted by atomic mass is 10.3. The Morgan fingerprint density at radius 1 is 1.09 bits per heavy atom. The molecule has 0 saturated heterocycles. The molecule has 0 aliphatic heterocycles. The summed E-state index contributed by atoms with van der Waals surface area (Å²) in [7, 11) is 0. The van der Waals surface area contributed by atoms with Crippen LogP contribution in [0.5, 0.6) is 11.8 Å². The molecule has 2 aromatic heterocycles. The van der Waals surface area contributed by atoms with Crippen molar-refractivity contribution in [2.75, 3.05) is 5.32 Å². The van der Waals surface area contributed by atoms with Gasteiger partial charge in [0.25, 0.3) is 5.56 Å². The van der Waals surface area contributed by atoms with E-state index < -0.39 is 11.2 Å². The number of rotatable bonds is 3. The molecule has 0 saturated carbocycles. The average Bonchev–Trinajstić information content (AvgIpc) is 2.73. The van der Waals surface area contributed by atoms with Crippen LogP contribution in [0.1, 0.15) is 0 Å². The zero-order chi connectivity index (χ0) is 16.6. The molecule has 9 heteroatoms. The summed E-state index contributed by atoms with van der Waals surface area (Å²) in [5.74, 6) is -0.549.